The zero-order valence-electron chi connectivity index (χ0n) is 9.80. The molecule has 6 heteroatoms. The summed E-state index contributed by atoms with van der Waals surface area (Å²) >= 11 is 3.34. The summed E-state index contributed by atoms with van der Waals surface area (Å²) in [6, 6.07) is 4.10. The number of anilines is 1. The van der Waals surface area contributed by atoms with Crippen molar-refractivity contribution in [2.45, 2.75) is 23.9 Å². The van der Waals surface area contributed by atoms with Crippen LogP contribution >= 0.6 is 23.1 Å². The van der Waals surface area contributed by atoms with E-state index in [1.54, 1.807) is 23.1 Å². The van der Waals surface area contributed by atoms with E-state index in [2.05, 4.69) is 33.5 Å². The lowest BCUT2D eigenvalue weighted by atomic mass is 10.3. The molecule has 0 aliphatic heterocycles. The van der Waals surface area contributed by atoms with Gasteiger partial charge in [-0.3, -0.25) is 0 Å². The maximum Gasteiger partial charge on any atom is 0.174 e. The number of hydrogen-bond donors (Lipinski definition) is 1. The van der Waals surface area contributed by atoms with E-state index >= 15 is 0 Å². The summed E-state index contributed by atoms with van der Waals surface area (Å²) in [6.07, 6.45) is 1.83. The molecule has 2 heterocycles. The van der Waals surface area contributed by atoms with Gasteiger partial charge >= 0.3 is 0 Å². The largest absolute Gasteiger partial charge is 0.370 e. The number of aryl methyl sites for hydroxylation is 1. The molecule has 2 aromatic heterocycles. The summed E-state index contributed by atoms with van der Waals surface area (Å²) < 4.78 is 1.02. The number of hydrogen-bond acceptors (Lipinski definition) is 6. The Morgan fingerprint density at radius 1 is 1.41 bits per heavy atom. The first-order valence-corrected chi connectivity index (χ1v) is 7.20. The van der Waals surface area contributed by atoms with Gasteiger partial charge in [0.2, 0.25) is 0 Å². The van der Waals surface area contributed by atoms with Gasteiger partial charge in [-0.25, -0.2) is 4.98 Å². The molecular formula is C11H14N4S2. The Labute approximate surface area is 109 Å². The molecule has 0 aliphatic carbocycles. The number of rotatable bonds is 5. The van der Waals surface area contributed by atoms with Crippen LogP contribution in [0.5, 0.6) is 0 Å². The number of pyridine rings is 1. The van der Waals surface area contributed by atoms with Gasteiger partial charge in [-0.2, -0.15) is 0 Å². The van der Waals surface area contributed by atoms with Crippen molar-refractivity contribution in [1.29, 1.82) is 0 Å². The lowest BCUT2D eigenvalue weighted by Crippen LogP contribution is -1.99. The minimum absolute atomic E-state index is 0.888. The van der Waals surface area contributed by atoms with Gasteiger partial charge in [0.05, 0.1) is 0 Å². The maximum absolute atomic E-state index is 4.24. The van der Waals surface area contributed by atoms with Crippen LogP contribution in [0, 0.1) is 6.92 Å². The second kappa shape index (κ2) is 5.97. The second-order valence-electron chi connectivity index (χ2n) is 3.46. The molecule has 0 saturated heterocycles. The lowest BCUT2D eigenvalue weighted by molar-refractivity contribution is 0.983. The minimum Gasteiger partial charge on any atom is -0.370 e. The molecule has 0 amide bonds. The van der Waals surface area contributed by atoms with E-state index in [9.17, 15) is 0 Å². The minimum atomic E-state index is 0.888. The van der Waals surface area contributed by atoms with Crippen molar-refractivity contribution in [2.24, 2.45) is 0 Å². The Kier molecular flexibility index (Phi) is 4.33. The molecule has 4 nitrogen and oxygen atoms in total. The molecule has 0 radical (unpaired) electrons. The summed E-state index contributed by atoms with van der Waals surface area (Å²) in [5.74, 6) is 1.83. The van der Waals surface area contributed by atoms with Crippen LogP contribution in [0.3, 0.4) is 0 Å². The average molecular weight is 266 g/mol. The maximum atomic E-state index is 4.24. The van der Waals surface area contributed by atoms with Crippen LogP contribution in [0.1, 0.15) is 17.5 Å². The van der Waals surface area contributed by atoms with Crippen LogP contribution < -0.4 is 5.32 Å². The number of aromatic nitrogens is 3. The van der Waals surface area contributed by atoms with Gasteiger partial charge in [0, 0.05) is 18.5 Å². The van der Waals surface area contributed by atoms with Crippen molar-refractivity contribution in [3.63, 3.8) is 0 Å². The molecule has 2 aromatic rings. The van der Waals surface area contributed by atoms with Crippen LogP contribution in [0.15, 0.2) is 22.7 Å². The molecule has 0 unspecified atom stereocenters. The van der Waals surface area contributed by atoms with Crippen molar-refractivity contribution >= 4 is 28.9 Å². The Morgan fingerprint density at radius 3 is 3.00 bits per heavy atom. The third kappa shape index (κ3) is 3.67. The SMILES string of the molecule is CCNc1cc(CSc2nnc(C)s2)ccn1. The molecule has 0 spiro atoms. The van der Waals surface area contributed by atoms with E-state index in [1.807, 2.05) is 19.2 Å². The highest BCUT2D eigenvalue weighted by atomic mass is 32.2. The summed E-state index contributed by atoms with van der Waals surface area (Å²) in [5, 5.41) is 12.3. The fourth-order valence-electron chi connectivity index (χ4n) is 1.32. The van der Waals surface area contributed by atoms with Crippen LogP contribution in [0.25, 0.3) is 0 Å². The molecule has 17 heavy (non-hydrogen) atoms. The molecule has 2 rings (SSSR count). The Bertz CT molecular complexity index is 484. The molecule has 90 valence electrons. The first kappa shape index (κ1) is 12.3. The highest BCUT2D eigenvalue weighted by Crippen LogP contribution is 2.25. The predicted octanol–water partition coefficient (Wildman–Crippen LogP) is 2.97. The van der Waals surface area contributed by atoms with Crippen LogP contribution in [0.4, 0.5) is 5.82 Å². The molecule has 0 aromatic carbocycles. The van der Waals surface area contributed by atoms with E-state index < -0.39 is 0 Å². The van der Waals surface area contributed by atoms with Crippen molar-refractivity contribution in [3.05, 3.63) is 28.9 Å². The fraction of sp³-hybridized carbons (Fsp3) is 0.364. The molecule has 0 bridgehead atoms. The lowest BCUT2D eigenvalue weighted by Gasteiger charge is -2.04. The highest BCUT2D eigenvalue weighted by molar-refractivity contribution is 8.00. The number of nitrogens with zero attached hydrogens (tertiary/aromatic N) is 3. The summed E-state index contributed by atoms with van der Waals surface area (Å²) in [5.41, 5.74) is 1.24. The van der Waals surface area contributed by atoms with Gasteiger partial charge < -0.3 is 5.32 Å². The van der Waals surface area contributed by atoms with Crippen LogP contribution in [0.2, 0.25) is 0 Å². The number of nitrogens with one attached hydrogen (secondary N) is 1. The Balaban J connectivity index is 1.96. The highest BCUT2D eigenvalue weighted by Gasteiger charge is 2.02. The topological polar surface area (TPSA) is 50.7 Å². The first-order chi connectivity index (χ1) is 8.28. The molecule has 0 atom stereocenters. The second-order valence-corrected chi connectivity index (χ2v) is 5.86. The van der Waals surface area contributed by atoms with Gasteiger partial charge in [-0.15, -0.1) is 10.2 Å². The zero-order valence-corrected chi connectivity index (χ0v) is 11.4. The van der Waals surface area contributed by atoms with Crippen LogP contribution in [-0.2, 0) is 5.75 Å². The molecular weight excluding hydrogens is 252 g/mol. The monoisotopic (exact) mass is 266 g/mol. The van der Waals surface area contributed by atoms with Gasteiger partial charge in [-0.1, -0.05) is 23.1 Å². The Hall–Kier alpha value is -1.14. The molecule has 1 N–H and O–H groups in total. The standard InChI is InChI=1S/C11H14N4S2/c1-3-12-10-6-9(4-5-13-10)7-16-11-15-14-8(2)17-11/h4-6H,3,7H2,1-2H3,(H,12,13). The zero-order chi connectivity index (χ0) is 12.1. The van der Waals surface area contributed by atoms with E-state index in [1.165, 1.54) is 5.56 Å². The fourth-order valence-corrected chi connectivity index (χ4v) is 3.08. The van der Waals surface area contributed by atoms with Crippen molar-refractivity contribution in [2.75, 3.05) is 11.9 Å². The van der Waals surface area contributed by atoms with Crippen molar-refractivity contribution in [3.8, 4) is 0 Å². The summed E-state index contributed by atoms with van der Waals surface area (Å²) in [6.45, 7) is 4.92. The third-order valence-corrected chi connectivity index (χ3v) is 4.10. The van der Waals surface area contributed by atoms with Gasteiger partial charge in [-0.05, 0) is 31.5 Å². The average Bonchev–Trinajstić information content (AvgIpc) is 2.74. The number of thioether (sulfide) groups is 1. The van der Waals surface area contributed by atoms with E-state index in [0.29, 0.717) is 0 Å². The molecule has 0 saturated carbocycles. The van der Waals surface area contributed by atoms with Crippen LogP contribution in [-0.4, -0.2) is 21.7 Å². The van der Waals surface area contributed by atoms with Gasteiger partial charge in [0.1, 0.15) is 10.8 Å². The third-order valence-electron chi connectivity index (χ3n) is 2.05. The smallest absolute Gasteiger partial charge is 0.174 e. The normalized spacial score (nSPS) is 10.5. The summed E-state index contributed by atoms with van der Waals surface area (Å²) in [7, 11) is 0. The van der Waals surface area contributed by atoms with Gasteiger partial charge in [0.15, 0.2) is 4.34 Å². The van der Waals surface area contributed by atoms with E-state index in [-0.39, 0.29) is 0 Å². The van der Waals surface area contributed by atoms with Gasteiger partial charge in [0.25, 0.3) is 0 Å². The van der Waals surface area contributed by atoms with Crippen molar-refractivity contribution in [1.82, 2.24) is 15.2 Å². The predicted molar refractivity (Wildman–Crippen MR) is 72.6 cm³/mol. The summed E-state index contributed by atoms with van der Waals surface area (Å²) in [4.78, 5) is 4.24. The Morgan fingerprint density at radius 2 is 2.29 bits per heavy atom. The molecule has 0 fully saturated rings. The first-order valence-electron chi connectivity index (χ1n) is 5.39. The van der Waals surface area contributed by atoms with E-state index in [0.717, 1.165) is 27.5 Å². The quantitative estimate of drug-likeness (QED) is 0.843. The van der Waals surface area contributed by atoms with E-state index in [4.69, 9.17) is 0 Å². The molecule has 0 aliphatic rings. The van der Waals surface area contributed by atoms with Crippen molar-refractivity contribution < 1.29 is 0 Å².